The van der Waals surface area contributed by atoms with Crippen molar-refractivity contribution in [2.24, 2.45) is 5.73 Å². The minimum atomic E-state index is -4.90. The number of fused-ring (bicyclic) bond motifs is 1. The molecule has 0 saturated heterocycles. The van der Waals surface area contributed by atoms with E-state index in [1.807, 2.05) is 0 Å². The largest absolute Gasteiger partial charge is 0.435 e. The Morgan fingerprint density at radius 2 is 1.94 bits per heavy atom. The van der Waals surface area contributed by atoms with Crippen molar-refractivity contribution in [1.82, 2.24) is 9.78 Å². The maximum absolute atomic E-state index is 14.0. The second kappa shape index (κ2) is 7.58. The Morgan fingerprint density at radius 3 is 2.50 bits per heavy atom. The lowest BCUT2D eigenvalue weighted by atomic mass is 9.84. The summed E-state index contributed by atoms with van der Waals surface area (Å²) in [5, 5.41) is 24.5. The highest BCUT2D eigenvalue weighted by Gasteiger charge is 2.46. The summed E-state index contributed by atoms with van der Waals surface area (Å²) < 4.78 is 48.3. The van der Waals surface area contributed by atoms with Crippen LogP contribution in [0.5, 0.6) is 5.88 Å². The number of nitriles is 1. The Kier molecular flexibility index (Phi) is 5.02. The molecule has 0 spiro atoms. The van der Waals surface area contributed by atoms with E-state index >= 15 is 0 Å². The molecule has 3 aromatic rings. The number of hydrogen-bond donors (Lipinski definition) is 1. The van der Waals surface area contributed by atoms with Crippen molar-refractivity contribution in [2.75, 3.05) is 0 Å². The molecular weight excluding hydrogens is 451 g/mol. The zero-order chi connectivity index (χ0) is 23.2. The standard InChI is InChI=1S/C20H11ClF3N5O3/c21-11-2-1-3-13(8-11)28-19-16(17(27-28)20(22,23)24)15(14(9-25)18(26)32-19)10-4-6-12(7-5-10)29(30)31/h1-8,15H,26H2. The summed E-state index contributed by atoms with van der Waals surface area (Å²) in [6, 6.07) is 12.5. The number of benzene rings is 2. The predicted octanol–water partition coefficient (Wildman–Crippen LogP) is 4.67. The molecular formula is C20H11ClF3N5O3. The van der Waals surface area contributed by atoms with Crippen molar-refractivity contribution in [3.05, 3.63) is 91.9 Å². The SMILES string of the molecule is N#CC1=C(N)Oc2c(c(C(F)(F)F)nn2-c2cccc(Cl)c2)C1c1ccc([N+](=O)[O-])cc1. The molecule has 162 valence electrons. The lowest BCUT2D eigenvalue weighted by molar-refractivity contribution is -0.384. The fourth-order valence-corrected chi connectivity index (χ4v) is 3.64. The summed E-state index contributed by atoms with van der Waals surface area (Å²) in [5.41, 5.74) is 3.99. The Labute approximate surface area is 183 Å². The van der Waals surface area contributed by atoms with Gasteiger partial charge in [0, 0.05) is 17.2 Å². The zero-order valence-electron chi connectivity index (χ0n) is 15.8. The number of nitrogens with zero attached hydrogens (tertiary/aromatic N) is 4. The molecule has 2 heterocycles. The minimum Gasteiger partial charge on any atom is -0.422 e. The summed E-state index contributed by atoms with van der Waals surface area (Å²) in [4.78, 5) is 10.3. The van der Waals surface area contributed by atoms with E-state index in [1.54, 1.807) is 6.07 Å². The van der Waals surface area contributed by atoms with E-state index < -0.39 is 34.2 Å². The number of allylic oxidation sites excluding steroid dienone is 1. The average Bonchev–Trinajstić information content (AvgIpc) is 3.12. The normalized spacial score (nSPS) is 15.7. The first-order chi connectivity index (χ1) is 15.1. The van der Waals surface area contributed by atoms with Gasteiger partial charge in [-0.15, -0.1) is 0 Å². The molecule has 0 aliphatic carbocycles. The van der Waals surface area contributed by atoms with Crippen LogP contribution in [0, 0.1) is 21.4 Å². The number of hydrogen-bond acceptors (Lipinski definition) is 6. The van der Waals surface area contributed by atoms with Gasteiger partial charge < -0.3 is 10.5 Å². The van der Waals surface area contributed by atoms with E-state index in [-0.39, 0.29) is 33.4 Å². The summed E-state index contributed by atoms with van der Waals surface area (Å²) in [6.07, 6.45) is -4.90. The summed E-state index contributed by atoms with van der Waals surface area (Å²) in [7, 11) is 0. The van der Waals surface area contributed by atoms with Gasteiger partial charge in [-0.1, -0.05) is 29.8 Å². The average molecular weight is 462 g/mol. The molecule has 0 bridgehead atoms. The van der Waals surface area contributed by atoms with Gasteiger partial charge in [0.15, 0.2) is 5.69 Å². The van der Waals surface area contributed by atoms with Crippen LogP contribution in [0.4, 0.5) is 18.9 Å². The van der Waals surface area contributed by atoms with Gasteiger partial charge in [-0.2, -0.15) is 28.2 Å². The Balaban J connectivity index is 2.01. The Bertz CT molecular complexity index is 1310. The molecule has 0 amide bonds. The van der Waals surface area contributed by atoms with E-state index in [0.29, 0.717) is 0 Å². The third-order valence-corrected chi connectivity index (χ3v) is 5.04. The number of nitro benzene ring substituents is 1. The maximum Gasteiger partial charge on any atom is 0.435 e. The lowest BCUT2D eigenvalue weighted by Crippen LogP contribution is -2.23. The molecule has 2 aromatic carbocycles. The third-order valence-electron chi connectivity index (χ3n) is 4.81. The van der Waals surface area contributed by atoms with Crippen LogP contribution in [-0.2, 0) is 6.18 Å². The number of nitrogens with two attached hydrogens (primary N) is 1. The molecule has 1 atom stereocenters. The van der Waals surface area contributed by atoms with E-state index in [9.17, 15) is 28.5 Å². The first kappa shape index (κ1) is 21.2. The van der Waals surface area contributed by atoms with Gasteiger partial charge >= 0.3 is 6.18 Å². The zero-order valence-corrected chi connectivity index (χ0v) is 16.6. The number of rotatable bonds is 3. The van der Waals surface area contributed by atoms with E-state index in [0.717, 1.165) is 16.8 Å². The maximum atomic E-state index is 14.0. The lowest BCUT2D eigenvalue weighted by Gasteiger charge is -2.25. The number of non-ortho nitro benzene ring substituents is 1. The first-order valence-corrected chi connectivity index (χ1v) is 9.27. The summed E-state index contributed by atoms with van der Waals surface area (Å²) >= 11 is 5.98. The molecule has 8 nitrogen and oxygen atoms in total. The van der Waals surface area contributed by atoms with Gasteiger partial charge in [-0.3, -0.25) is 10.1 Å². The van der Waals surface area contributed by atoms with E-state index in [2.05, 4.69) is 5.10 Å². The summed E-state index contributed by atoms with van der Waals surface area (Å²) in [6.45, 7) is 0. The number of nitro groups is 1. The monoisotopic (exact) mass is 461 g/mol. The second-order valence-corrected chi connectivity index (χ2v) is 7.17. The molecule has 1 aliphatic rings. The fraction of sp³-hybridized carbons (Fsp3) is 0.100. The van der Waals surface area contributed by atoms with Gasteiger partial charge in [0.1, 0.15) is 11.6 Å². The molecule has 0 fully saturated rings. The summed E-state index contributed by atoms with van der Waals surface area (Å²) in [5.74, 6) is -2.05. The van der Waals surface area contributed by atoms with Gasteiger partial charge in [0.2, 0.25) is 11.8 Å². The Morgan fingerprint density at radius 1 is 1.25 bits per heavy atom. The molecule has 1 aliphatic heterocycles. The molecule has 1 aromatic heterocycles. The Hall–Kier alpha value is -4.04. The van der Waals surface area contributed by atoms with Crippen molar-refractivity contribution in [1.29, 1.82) is 5.26 Å². The molecule has 1 unspecified atom stereocenters. The smallest absolute Gasteiger partial charge is 0.422 e. The topological polar surface area (TPSA) is 120 Å². The molecule has 0 saturated carbocycles. The van der Waals surface area contributed by atoms with Crippen LogP contribution >= 0.6 is 11.6 Å². The molecule has 2 N–H and O–H groups in total. The van der Waals surface area contributed by atoms with Crippen molar-refractivity contribution in [3.63, 3.8) is 0 Å². The quantitative estimate of drug-likeness (QED) is 0.447. The van der Waals surface area contributed by atoms with E-state index in [4.69, 9.17) is 22.1 Å². The fourth-order valence-electron chi connectivity index (χ4n) is 3.45. The van der Waals surface area contributed by atoms with Crippen LogP contribution < -0.4 is 10.5 Å². The number of halogens is 4. The number of aromatic nitrogens is 2. The van der Waals surface area contributed by atoms with Crippen LogP contribution in [0.1, 0.15) is 22.7 Å². The van der Waals surface area contributed by atoms with E-state index in [1.165, 1.54) is 36.4 Å². The van der Waals surface area contributed by atoms with Gasteiger partial charge in [0.05, 0.1) is 22.1 Å². The molecule has 0 radical (unpaired) electrons. The predicted molar refractivity (Wildman–Crippen MR) is 106 cm³/mol. The van der Waals surface area contributed by atoms with Gasteiger partial charge in [-0.05, 0) is 23.8 Å². The third kappa shape index (κ3) is 3.50. The van der Waals surface area contributed by atoms with Crippen LogP contribution in [0.15, 0.2) is 60.0 Å². The molecule has 32 heavy (non-hydrogen) atoms. The van der Waals surface area contributed by atoms with Crippen LogP contribution in [0.2, 0.25) is 5.02 Å². The van der Waals surface area contributed by atoms with Crippen LogP contribution in [0.3, 0.4) is 0 Å². The number of ether oxygens (including phenoxy) is 1. The van der Waals surface area contributed by atoms with Crippen molar-refractivity contribution in [2.45, 2.75) is 12.1 Å². The molecule has 12 heteroatoms. The van der Waals surface area contributed by atoms with Gasteiger partial charge in [-0.25, -0.2) is 0 Å². The highest BCUT2D eigenvalue weighted by molar-refractivity contribution is 6.30. The van der Waals surface area contributed by atoms with Crippen molar-refractivity contribution in [3.8, 4) is 17.6 Å². The molecule has 4 rings (SSSR count). The van der Waals surface area contributed by atoms with Crippen molar-refractivity contribution < 1.29 is 22.8 Å². The highest BCUT2D eigenvalue weighted by atomic mass is 35.5. The van der Waals surface area contributed by atoms with Crippen molar-refractivity contribution >= 4 is 17.3 Å². The highest BCUT2D eigenvalue weighted by Crippen LogP contribution is 2.48. The first-order valence-electron chi connectivity index (χ1n) is 8.89. The number of alkyl halides is 3. The van der Waals surface area contributed by atoms with Crippen LogP contribution in [-0.4, -0.2) is 14.7 Å². The second-order valence-electron chi connectivity index (χ2n) is 6.73. The minimum absolute atomic E-state index is 0.177. The van der Waals surface area contributed by atoms with Crippen LogP contribution in [0.25, 0.3) is 5.69 Å². The van der Waals surface area contributed by atoms with Gasteiger partial charge in [0.25, 0.3) is 5.69 Å².